The van der Waals surface area contributed by atoms with Gasteiger partial charge >= 0.3 is 0 Å². The molecule has 5 rings (SSSR count). The number of benzene rings is 1. The highest BCUT2D eigenvalue weighted by atomic mass is 32.1. The van der Waals surface area contributed by atoms with E-state index >= 15 is 0 Å². The first-order chi connectivity index (χ1) is 11.3. The number of rotatable bonds is 2. The Morgan fingerprint density at radius 2 is 1.78 bits per heavy atom. The van der Waals surface area contributed by atoms with Gasteiger partial charge in [0.15, 0.2) is 11.7 Å². The molecule has 2 aliphatic rings. The fraction of sp³-hybridized carbons (Fsp3) is 0.286. The summed E-state index contributed by atoms with van der Waals surface area (Å²) in [4.78, 5) is 1.46. The van der Waals surface area contributed by atoms with Gasteiger partial charge in [0, 0.05) is 28.8 Å². The molecule has 1 aliphatic heterocycles. The number of hydrogen-bond donors (Lipinski definition) is 0. The van der Waals surface area contributed by atoms with Crippen molar-refractivity contribution in [3.63, 3.8) is 0 Å². The van der Waals surface area contributed by atoms with E-state index in [4.69, 9.17) is 0 Å². The van der Waals surface area contributed by atoms with Gasteiger partial charge in [0.05, 0.1) is 5.41 Å². The lowest BCUT2D eigenvalue weighted by molar-refractivity contribution is -0.758. The third-order valence-corrected chi connectivity index (χ3v) is 7.27. The highest BCUT2D eigenvalue weighted by molar-refractivity contribution is 7.22. The van der Waals surface area contributed by atoms with Crippen molar-refractivity contribution in [3.8, 4) is 10.6 Å². The Morgan fingerprint density at radius 3 is 2.52 bits per heavy atom. The number of nitrogens with zero attached hydrogens (tertiary/aromatic N) is 1. The summed E-state index contributed by atoms with van der Waals surface area (Å²) in [6.07, 6.45) is 9.46. The Hall–Kier alpha value is -1.93. The van der Waals surface area contributed by atoms with Crippen LogP contribution in [-0.2, 0) is 11.0 Å². The number of allylic oxidation sites excluding steroid dienone is 2. The van der Waals surface area contributed by atoms with Crippen LogP contribution in [0.2, 0.25) is 0 Å². The van der Waals surface area contributed by atoms with Crippen molar-refractivity contribution in [2.45, 2.75) is 37.6 Å². The van der Waals surface area contributed by atoms with Gasteiger partial charge in [-0.05, 0) is 30.0 Å². The van der Waals surface area contributed by atoms with Crippen LogP contribution in [0.5, 0.6) is 0 Å². The van der Waals surface area contributed by atoms with Crippen LogP contribution in [0.3, 0.4) is 0 Å². The maximum atomic E-state index is 2.54. The molecular weight excluding hydrogens is 298 g/mol. The zero-order valence-electron chi connectivity index (χ0n) is 13.5. The zero-order valence-corrected chi connectivity index (χ0v) is 14.4. The molecule has 0 fully saturated rings. The van der Waals surface area contributed by atoms with Gasteiger partial charge in [0.25, 0.3) is 0 Å². The van der Waals surface area contributed by atoms with E-state index in [1.54, 1.807) is 5.56 Å². The Bertz CT molecular complexity index is 967. The van der Waals surface area contributed by atoms with Crippen molar-refractivity contribution in [1.82, 2.24) is 0 Å². The van der Waals surface area contributed by atoms with Crippen LogP contribution in [0.15, 0.2) is 60.8 Å². The van der Waals surface area contributed by atoms with Crippen molar-refractivity contribution >= 4 is 21.4 Å². The van der Waals surface area contributed by atoms with Crippen molar-refractivity contribution in [3.05, 3.63) is 66.4 Å². The third kappa shape index (κ3) is 1.33. The second-order valence-corrected chi connectivity index (χ2v) is 7.75. The second kappa shape index (κ2) is 4.33. The second-order valence-electron chi connectivity index (χ2n) is 6.69. The summed E-state index contributed by atoms with van der Waals surface area (Å²) in [7, 11) is 0. The van der Waals surface area contributed by atoms with Crippen LogP contribution in [0.4, 0.5) is 0 Å². The predicted octanol–water partition coefficient (Wildman–Crippen LogP) is 5.19. The molecule has 0 saturated heterocycles. The summed E-state index contributed by atoms with van der Waals surface area (Å²) >= 11 is 1.95. The van der Waals surface area contributed by atoms with Gasteiger partial charge in [-0.3, -0.25) is 0 Å². The smallest absolute Gasteiger partial charge is 0.187 e. The fourth-order valence-electron chi connectivity index (χ4n) is 4.92. The summed E-state index contributed by atoms with van der Waals surface area (Å²) < 4.78 is 3.95. The first kappa shape index (κ1) is 13.5. The van der Waals surface area contributed by atoms with Gasteiger partial charge in [-0.2, -0.15) is 4.57 Å². The number of fused-ring (bicyclic) bond motifs is 8. The molecule has 2 unspecified atom stereocenters. The van der Waals surface area contributed by atoms with E-state index in [-0.39, 0.29) is 11.0 Å². The molecule has 1 aromatic carbocycles. The molecule has 0 bridgehead atoms. The van der Waals surface area contributed by atoms with E-state index in [0.717, 1.165) is 12.8 Å². The SMILES string of the molecule is CCC12C=CC1(CC)[n+]1ccccc1-c1sc3ccccc3c12. The van der Waals surface area contributed by atoms with E-state index in [9.17, 15) is 0 Å². The summed E-state index contributed by atoms with van der Waals surface area (Å²) in [6, 6.07) is 15.6. The van der Waals surface area contributed by atoms with E-state index in [2.05, 4.69) is 79.2 Å². The maximum absolute atomic E-state index is 2.54. The lowest BCUT2D eigenvalue weighted by atomic mass is 9.53. The Kier molecular flexibility index (Phi) is 2.54. The number of thiophene rings is 1. The van der Waals surface area contributed by atoms with Gasteiger partial charge in [0.2, 0.25) is 5.69 Å². The minimum atomic E-state index is 0.0924. The summed E-state index contributed by atoms with van der Waals surface area (Å²) in [5, 5.41) is 1.45. The molecule has 23 heavy (non-hydrogen) atoms. The van der Waals surface area contributed by atoms with Crippen molar-refractivity contribution in [2.75, 3.05) is 0 Å². The van der Waals surface area contributed by atoms with Crippen molar-refractivity contribution in [2.24, 2.45) is 0 Å². The Labute approximate surface area is 140 Å². The monoisotopic (exact) mass is 318 g/mol. The van der Waals surface area contributed by atoms with Crippen molar-refractivity contribution < 1.29 is 4.57 Å². The normalized spacial score (nSPS) is 27.2. The molecule has 114 valence electrons. The van der Waals surface area contributed by atoms with E-state index < -0.39 is 0 Å². The molecule has 3 heterocycles. The van der Waals surface area contributed by atoms with Gasteiger partial charge in [0.1, 0.15) is 4.88 Å². The quantitative estimate of drug-likeness (QED) is 0.452. The third-order valence-electron chi connectivity index (χ3n) is 6.08. The number of pyridine rings is 1. The lowest BCUT2D eigenvalue weighted by Crippen LogP contribution is -2.72. The summed E-state index contributed by atoms with van der Waals surface area (Å²) in [6.45, 7) is 4.68. The number of hydrogen-bond acceptors (Lipinski definition) is 1. The largest absolute Gasteiger partial charge is 0.223 e. The molecule has 1 nitrogen and oxygen atoms in total. The summed E-state index contributed by atoms with van der Waals surface area (Å²) in [5.74, 6) is 0. The average Bonchev–Trinajstić information content (AvgIpc) is 2.96. The maximum Gasteiger partial charge on any atom is 0.223 e. The fourth-order valence-corrected chi connectivity index (χ4v) is 6.23. The van der Waals surface area contributed by atoms with Crippen LogP contribution >= 0.6 is 11.3 Å². The standard InChI is InChI=1S/C21H20NS/c1-3-20-12-13-21(20,4-2)22-14-8-7-10-16(22)19-18(20)15-9-5-6-11-17(15)23-19/h5-14H,3-4H2,1-2H3/q+1. The molecule has 2 aromatic heterocycles. The van der Waals surface area contributed by atoms with Crippen molar-refractivity contribution in [1.29, 1.82) is 0 Å². The van der Waals surface area contributed by atoms with Crippen LogP contribution in [0.1, 0.15) is 32.3 Å². The van der Waals surface area contributed by atoms with Crippen LogP contribution in [-0.4, -0.2) is 0 Å². The Balaban J connectivity index is 2.00. The molecule has 0 radical (unpaired) electrons. The molecule has 2 heteroatoms. The molecule has 1 aliphatic carbocycles. The van der Waals surface area contributed by atoms with E-state index in [1.807, 2.05) is 11.3 Å². The summed E-state index contributed by atoms with van der Waals surface area (Å²) in [5.41, 5.74) is 3.17. The topological polar surface area (TPSA) is 3.88 Å². The van der Waals surface area contributed by atoms with Gasteiger partial charge in [-0.1, -0.05) is 38.1 Å². The Morgan fingerprint density at radius 1 is 0.957 bits per heavy atom. The molecule has 0 amide bonds. The van der Waals surface area contributed by atoms with Gasteiger partial charge in [-0.25, -0.2) is 0 Å². The average molecular weight is 318 g/mol. The first-order valence-electron chi connectivity index (χ1n) is 8.51. The zero-order chi connectivity index (χ0) is 15.7. The lowest BCUT2D eigenvalue weighted by Gasteiger charge is -2.51. The van der Waals surface area contributed by atoms with Gasteiger partial charge in [-0.15, -0.1) is 11.3 Å². The molecule has 3 aromatic rings. The molecule has 2 atom stereocenters. The molecule has 0 N–H and O–H groups in total. The van der Waals surface area contributed by atoms with E-state index in [0.29, 0.717) is 0 Å². The van der Waals surface area contributed by atoms with Crippen LogP contribution in [0.25, 0.3) is 20.7 Å². The molecule has 0 saturated carbocycles. The van der Waals surface area contributed by atoms with E-state index in [1.165, 1.54) is 20.7 Å². The number of aromatic nitrogens is 1. The van der Waals surface area contributed by atoms with Crippen LogP contribution in [0, 0.1) is 0 Å². The molecular formula is C21H20NS+. The molecule has 0 spiro atoms. The van der Waals surface area contributed by atoms with Gasteiger partial charge < -0.3 is 0 Å². The minimum Gasteiger partial charge on any atom is -0.187 e. The minimum absolute atomic E-state index is 0.0924. The van der Waals surface area contributed by atoms with Crippen LogP contribution < -0.4 is 4.57 Å². The highest BCUT2D eigenvalue weighted by Gasteiger charge is 2.65. The highest BCUT2D eigenvalue weighted by Crippen LogP contribution is 2.60. The first-order valence-corrected chi connectivity index (χ1v) is 9.33. The predicted molar refractivity (Wildman–Crippen MR) is 96.8 cm³/mol.